The van der Waals surface area contributed by atoms with Crippen molar-refractivity contribution in [3.05, 3.63) is 33.3 Å². The number of H-pyrrole nitrogens is 1. The molecule has 4 rings (SSSR count). The lowest BCUT2D eigenvalue weighted by Crippen LogP contribution is -2.46. The Morgan fingerprint density at radius 1 is 1.37 bits per heavy atom. The molecule has 2 aliphatic heterocycles. The predicted octanol–water partition coefficient (Wildman–Crippen LogP) is 1.09. The summed E-state index contributed by atoms with van der Waals surface area (Å²) in [5, 5.41) is 0.999. The Balaban J connectivity index is 1.45. The van der Waals surface area contributed by atoms with Crippen molar-refractivity contribution in [3.63, 3.8) is 0 Å². The number of carbonyl (C=O) groups is 1. The summed E-state index contributed by atoms with van der Waals surface area (Å²) in [4.78, 5) is 43.4. The van der Waals surface area contributed by atoms with E-state index in [4.69, 9.17) is 0 Å². The van der Waals surface area contributed by atoms with Crippen molar-refractivity contribution >= 4 is 28.2 Å². The van der Waals surface area contributed by atoms with Crippen molar-refractivity contribution < 1.29 is 4.79 Å². The van der Waals surface area contributed by atoms with E-state index in [0.717, 1.165) is 43.2 Å². The van der Waals surface area contributed by atoms with Gasteiger partial charge in [-0.2, -0.15) is 0 Å². The molecule has 1 fully saturated rings. The number of anilines is 2. The Morgan fingerprint density at radius 2 is 2.22 bits per heavy atom. The molecule has 1 unspecified atom stereocenters. The monoisotopic (exact) mass is 388 g/mol. The first kappa shape index (κ1) is 18.0. The molecule has 2 aromatic heterocycles. The highest BCUT2D eigenvalue weighted by Crippen LogP contribution is 2.31. The molecule has 8 nitrogen and oxygen atoms in total. The van der Waals surface area contributed by atoms with Gasteiger partial charge in [0, 0.05) is 51.1 Å². The zero-order valence-electron chi connectivity index (χ0n) is 15.6. The molecule has 144 valence electrons. The van der Waals surface area contributed by atoms with Crippen LogP contribution in [0, 0.1) is 5.92 Å². The van der Waals surface area contributed by atoms with Crippen molar-refractivity contribution in [2.45, 2.75) is 25.8 Å². The fourth-order valence-corrected chi connectivity index (χ4v) is 4.78. The second-order valence-electron chi connectivity index (χ2n) is 7.33. The SMILES string of the molecule is CN(C)c1nc2c(s1)CN(C(=O)C1CCCN(c3cc(=O)[nH]cn3)C1)CC2. The topological polar surface area (TPSA) is 85.4 Å². The third-order valence-corrected chi connectivity index (χ3v) is 6.42. The van der Waals surface area contributed by atoms with E-state index in [2.05, 4.69) is 15.0 Å². The molecule has 0 radical (unpaired) electrons. The quantitative estimate of drug-likeness (QED) is 0.847. The number of thiazole rings is 1. The lowest BCUT2D eigenvalue weighted by atomic mass is 9.95. The molecule has 0 spiro atoms. The minimum Gasteiger partial charge on any atom is -0.356 e. The standard InChI is InChI=1S/C18H24N6O2S/c1-22(2)18-21-13-5-7-24(10-14(13)27-18)17(26)12-4-3-6-23(9-12)15-8-16(25)20-11-19-15/h8,11-12H,3-7,9-10H2,1-2H3,(H,19,20,25). The maximum Gasteiger partial charge on any atom is 0.252 e. The van der Waals surface area contributed by atoms with Gasteiger partial charge in [0.25, 0.3) is 5.56 Å². The molecule has 0 aliphatic carbocycles. The number of rotatable bonds is 3. The zero-order valence-corrected chi connectivity index (χ0v) is 16.5. The fraction of sp³-hybridized carbons (Fsp3) is 0.556. The van der Waals surface area contributed by atoms with E-state index < -0.39 is 0 Å². The lowest BCUT2D eigenvalue weighted by molar-refractivity contribution is -0.136. The first-order valence-corrected chi connectivity index (χ1v) is 10.1. The van der Waals surface area contributed by atoms with Crippen molar-refractivity contribution in [2.75, 3.05) is 43.5 Å². The van der Waals surface area contributed by atoms with E-state index in [0.29, 0.717) is 18.9 Å². The molecule has 0 saturated carbocycles. The van der Waals surface area contributed by atoms with E-state index in [9.17, 15) is 9.59 Å². The summed E-state index contributed by atoms with van der Waals surface area (Å²) in [6, 6.07) is 1.50. The summed E-state index contributed by atoms with van der Waals surface area (Å²) >= 11 is 1.67. The Labute approximate surface area is 161 Å². The molecule has 1 atom stereocenters. The van der Waals surface area contributed by atoms with Crippen LogP contribution in [0.1, 0.15) is 23.4 Å². The van der Waals surface area contributed by atoms with Crippen molar-refractivity contribution in [1.82, 2.24) is 19.9 Å². The van der Waals surface area contributed by atoms with Crippen LogP contribution in [0.2, 0.25) is 0 Å². The summed E-state index contributed by atoms with van der Waals surface area (Å²) in [6.07, 6.45) is 4.04. The summed E-state index contributed by atoms with van der Waals surface area (Å²) < 4.78 is 0. The van der Waals surface area contributed by atoms with Crippen LogP contribution in [0.3, 0.4) is 0 Å². The Morgan fingerprint density at radius 3 is 3.00 bits per heavy atom. The molecule has 1 saturated heterocycles. The minimum atomic E-state index is -0.168. The maximum absolute atomic E-state index is 13.1. The number of carbonyl (C=O) groups excluding carboxylic acids is 1. The summed E-state index contributed by atoms with van der Waals surface area (Å²) in [6.45, 7) is 2.82. The fourth-order valence-electron chi connectivity index (χ4n) is 3.74. The van der Waals surface area contributed by atoms with E-state index >= 15 is 0 Å². The second-order valence-corrected chi connectivity index (χ2v) is 8.39. The average Bonchev–Trinajstić information content (AvgIpc) is 3.11. The molecule has 0 aromatic carbocycles. The number of amides is 1. The number of aromatic amines is 1. The van der Waals surface area contributed by atoms with Crippen molar-refractivity contribution in [2.24, 2.45) is 5.92 Å². The van der Waals surface area contributed by atoms with Gasteiger partial charge in [0.05, 0.1) is 24.5 Å². The van der Waals surface area contributed by atoms with Crippen LogP contribution in [0.25, 0.3) is 0 Å². The predicted molar refractivity (Wildman–Crippen MR) is 105 cm³/mol. The molecular weight excluding hydrogens is 364 g/mol. The number of nitrogens with one attached hydrogen (secondary N) is 1. The third-order valence-electron chi connectivity index (χ3n) is 5.17. The van der Waals surface area contributed by atoms with Gasteiger partial charge in [-0.05, 0) is 12.8 Å². The number of hydrogen-bond donors (Lipinski definition) is 1. The van der Waals surface area contributed by atoms with Crippen LogP contribution in [-0.4, -0.2) is 59.5 Å². The van der Waals surface area contributed by atoms with Gasteiger partial charge in [0.1, 0.15) is 5.82 Å². The molecule has 1 amide bonds. The van der Waals surface area contributed by atoms with Gasteiger partial charge in [-0.15, -0.1) is 0 Å². The van der Waals surface area contributed by atoms with Crippen molar-refractivity contribution in [3.8, 4) is 0 Å². The first-order valence-electron chi connectivity index (χ1n) is 9.25. The van der Waals surface area contributed by atoms with Crippen LogP contribution < -0.4 is 15.4 Å². The molecule has 2 aliphatic rings. The van der Waals surface area contributed by atoms with Gasteiger partial charge in [0.15, 0.2) is 5.13 Å². The van der Waals surface area contributed by atoms with Gasteiger partial charge < -0.3 is 19.7 Å². The highest BCUT2D eigenvalue weighted by molar-refractivity contribution is 7.15. The van der Waals surface area contributed by atoms with Gasteiger partial charge in [-0.25, -0.2) is 9.97 Å². The van der Waals surface area contributed by atoms with Crippen LogP contribution >= 0.6 is 11.3 Å². The number of nitrogens with zero attached hydrogens (tertiary/aromatic N) is 5. The first-order chi connectivity index (χ1) is 13.0. The van der Waals surface area contributed by atoms with Crippen LogP contribution in [-0.2, 0) is 17.8 Å². The van der Waals surface area contributed by atoms with Gasteiger partial charge in [0.2, 0.25) is 5.91 Å². The number of aromatic nitrogens is 3. The second kappa shape index (κ2) is 7.30. The van der Waals surface area contributed by atoms with E-state index in [1.165, 1.54) is 17.3 Å². The highest BCUT2D eigenvalue weighted by atomic mass is 32.1. The van der Waals surface area contributed by atoms with Gasteiger partial charge >= 0.3 is 0 Å². The third kappa shape index (κ3) is 3.69. The lowest BCUT2D eigenvalue weighted by Gasteiger charge is -2.36. The molecule has 2 aromatic rings. The van der Waals surface area contributed by atoms with Gasteiger partial charge in [-0.3, -0.25) is 9.59 Å². The van der Waals surface area contributed by atoms with Crippen LogP contribution in [0.15, 0.2) is 17.2 Å². The Kier molecular flexibility index (Phi) is 4.86. The molecule has 4 heterocycles. The molecule has 0 bridgehead atoms. The van der Waals surface area contributed by atoms with E-state index in [-0.39, 0.29) is 17.4 Å². The maximum atomic E-state index is 13.1. The number of piperidine rings is 1. The Hall–Kier alpha value is -2.42. The average molecular weight is 388 g/mol. The van der Waals surface area contributed by atoms with Crippen molar-refractivity contribution in [1.29, 1.82) is 0 Å². The highest BCUT2D eigenvalue weighted by Gasteiger charge is 2.32. The number of hydrogen-bond acceptors (Lipinski definition) is 7. The molecular formula is C18H24N6O2S. The largest absolute Gasteiger partial charge is 0.356 e. The smallest absolute Gasteiger partial charge is 0.252 e. The molecule has 1 N–H and O–H groups in total. The van der Waals surface area contributed by atoms with E-state index in [1.807, 2.05) is 28.8 Å². The van der Waals surface area contributed by atoms with E-state index in [1.54, 1.807) is 11.3 Å². The van der Waals surface area contributed by atoms with Gasteiger partial charge in [-0.1, -0.05) is 11.3 Å². The minimum absolute atomic E-state index is 0.0531. The van der Waals surface area contributed by atoms with Crippen LogP contribution in [0.5, 0.6) is 0 Å². The number of fused-ring (bicyclic) bond motifs is 1. The van der Waals surface area contributed by atoms with Crippen LogP contribution in [0.4, 0.5) is 10.9 Å². The summed E-state index contributed by atoms with van der Waals surface area (Å²) in [7, 11) is 3.99. The molecule has 9 heteroatoms. The molecule has 27 heavy (non-hydrogen) atoms. The Bertz CT molecular complexity index is 892. The summed E-state index contributed by atoms with van der Waals surface area (Å²) in [5.74, 6) is 0.799. The summed E-state index contributed by atoms with van der Waals surface area (Å²) in [5.41, 5.74) is 0.963. The zero-order chi connectivity index (χ0) is 19.0. The normalized spacial score (nSPS) is 19.7.